The molecule has 5 heteroatoms. The van der Waals surface area contributed by atoms with Crippen molar-refractivity contribution >= 4 is 11.9 Å². The molecule has 0 unspecified atom stereocenters. The van der Waals surface area contributed by atoms with Gasteiger partial charge in [0.25, 0.3) is 5.91 Å². The van der Waals surface area contributed by atoms with Crippen LogP contribution < -0.4 is 4.74 Å². The van der Waals surface area contributed by atoms with E-state index in [1.165, 1.54) is 0 Å². The maximum Gasteiger partial charge on any atom is 0.338 e. The van der Waals surface area contributed by atoms with Crippen molar-refractivity contribution in [2.24, 2.45) is 0 Å². The van der Waals surface area contributed by atoms with Gasteiger partial charge in [0.1, 0.15) is 5.75 Å². The van der Waals surface area contributed by atoms with E-state index in [2.05, 4.69) is 0 Å². The van der Waals surface area contributed by atoms with Crippen LogP contribution in [-0.2, 0) is 16.1 Å². The second-order valence-corrected chi connectivity index (χ2v) is 5.27. The molecule has 0 aliphatic carbocycles. The lowest BCUT2D eigenvalue weighted by atomic mass is 10.2. The summed E-state index contributed by atoms with van der Waals surface area (Å²) in [4.78, 5) is 25.3. The van der Waals surface area contributed by atoms with E-state index >= 15 is 0 Å². The third kappa shape index (κ3) is 5.12. The Morgan fingerprint density at radius 1 is 1.00 bits per heavy atom. The fourth-order valence-corrected chi connectivity index (χ4v) is 2.10. The quantitative estimate of drug-likeness (QED) is 0.734. The summed E-state index contributed by atoms with van der Waals surface area (Å²) >= 11 is 0. The fourth-order valence-electron chi connectivity index (χ4n) is 2.10. The molecule has 0 aromatic heterocycles. The summed E-state index contributed by atoms with van der Waals surface area (Å²) in [5.74, 6) is 0.0422. The second-order valence-electron chi connectivity index (χ2n) is 5.27. The van der Waals surface area contributed by atoms with Crippen LogP contribution in [0, 0.1) is 0 Å². The molecule has 0 aliphatic heterocycles. The van der Waals surface area contributed by atoms with Gasteiger partial charge in [0.2, 0.25) is 0 Å². The van der Waals surface area contributed by atoms with Gasteiger partial charge in [0.05, 0.1) is 12.2 Å². The third-order valence-electron chi connectivity index (χ3n) is 3.42. The number of rotatable bonds is 7. The lowest BCUT2D eigenvalue weighted by Crippen LogP contribution is -2.30. The molecule has 24 heavy (non-hydrogen) atoms. The number of amides is 1. The first-order chi connectivity index (χ1) is 11.6. The maximum absolute atomic E-state index is 12.1. The van der Waals surface area contributed by atoms with Crippen molar-refractivity contribution in [1.82, 2.24) is 4.90 Å². The maximum atomic E-state index is 12.1. The monoisotopic (exact) mass is 327 g/mol. The van der Waals surface area contributed by atoms with E-state index in [0.717, 1.165) is 5.56 Å². The fraction of sp³-hybridized carbons (Fsp3) is 0.263. The Hall–Kier alpha value is -2.82. The molecule has 0 saturated carbocycles. The van der Waals surface area contributed by atoms with Crippen LogP contribution in [0.2, 0.25) is 0 Å². The Morgan fingerprint density at radius 2 is 1.67 bits per heavy atom. The van der Waals surface area contributed by atoms with Crippen molar-refractivity contribution < 1.29 is 19.1 Å². The van der Waals surface area contributed by atoms with Gasteiger partial charge in [-0.3, -0.25) is 4.79 Å². The number of ether oxygens (including phenoxy) is 2. The number of esters is 1. The largest absolute Gasteiger partial charge is 0.484 e. The van der Waals surface area contributed by atoms with Crippen LogP contribution in [-0.4, -0.2) is 37.0 Å². The van der Waals surface area contributed by atoms with Crippen molar-refractivity contribution in [1.29, 1.82) is 0 Å². The highest BCUT2D eigenvalue weighted by Gasteiger charge is 2.11. The first kappa shape index (κ1) is 17.5. The van der Waals surface area contributed by atoms with E-state index in [9.17, 15) is 9.59 Å². The topological polar surface area (TPSA) is 55.8 Å². The molecule has 0 bridgehead atoms. The number of hydrogen-bond donors (Lipinski definition) is 0. The Balaban J connectivity index is 1.84. The van der Waals surface area contributed by atoms with Gasteiger partial charge in [0, 0.05) is 13.6 Å². The predicted molar refractivity (Wildman–Crippen MR) is 90.8 cm³/mol. The molecule has 2 aromatic carbocycles. The average Bonchev–Trinajstić information content (AvgIpc) is 2.61. The third-order valence-corrected chi connectivity index (χ3v) is 3.42. The Morgan fingerprint density at radius 3 is 2.29 bits per heavy atom. The Kier molecular flexibility index (Phi) is 6.37. The normalized spacial score (nSPS) is 10.1. The summed E-state index contributed by atoms with van der Waals surface area (Å²) in [7, 11) is 1.74. The molecule has 2 aromatic rings. The Labute approximate surface area is 141 Å². The minimum Gasteiger partial charge on any atom is -0.484 e. The zero-order valence-electron chi connectivity index (χ0n) is 13.9. The SMILES string of the molecule is CCOC(=O)c1ccc(OCC(=O)N(C)Cc2ccccc2)cc1. The standard InChI is InChI=1S/C19H21NO4/c1-3-23-19(22)16-9-11-17(12-10-16)24-14-18(21)20(2)13-15-7-5-4-6-8-15/h4-12H,3,13-14H2,1-2H3. The number of nitrogens with zero attached hydrogens (tertiary/aromatic N) is 1. The van der Waals surface area contributed by atoms with E-state index in [-0.39, 0.29) is 18.5 Å². The second kappa shape index (κ2) is 8.72. The van der Waals surface area contributed by atoms with E-state index in [1.54, 1.807) is 43.1 Å². The average molecular weight is 327 g/mol. The van der Waals surface area contributed by atoms with Crippen molar-refractivity contribution in [3.8, 4) is 5.75 Å². The summed E-state index contributed by atoms with van der Waals surface area (Å²) < 4.78 is 10.4. The van der Waals surface area contributed by atoms with Crippen molar-refractivity contribution in [2.75, 3.05) is 20.3 Å². The lowest BCUT2D eigenvalue weighted by Gasteiger charge is -2.17. The van der Waals surface area contributed by atoms with Gasteiger partial charge in [-0.15, -0.1) is 0 Å². The predicted octanol–water partition coefficient (Wildman–Crippen LogP) is 2.90. The van der Waals surface area contributed by atoms with Gasteiger partial charge in [-0.2, -0.15) is 0 Å². The zero-order chi connectivity index (χ0) is 17.4. The van der Waals surface area contributed by atoms with Gasteiger partial charge in [-0.25, -0.2) is 4.79 Å². The number of likely N-dealkylation sites (N-methyl/N-ethyl adjacent to an activating group) is 1. The van der Waals surface area contributed by atoms with Gasteiger partial charge in [-0.1, -0.05) is 30.3 Å². The molecule has 0 fully saturated rings. The van der Waals surface area contributed by atoms with Crippen LogP contribution in [0.25, 0.3) is 0 Å². The smallest absolute Gasteiger partial charge is 0.338 e. The summed E-state index contributed by atoms with van der Waals surface area (Å²) in [6, 6.07) is 16.3. The van der Waals surface area contributed by atoms with Crippen LogP contribution in [0.1, 0.15) is 22.8 Å². The van der Waals surface area contributed by atoms with Gasteiger partial charge >= 0.3 is 5.97 Å². The molecular formula is C19H21NO4. The Bertz CT molecular complexity index is 668. The molecular weight excluding hydrogens is 306 g/mol. The molecule has 2 rings (SSSR count). The highest BCUT2D eigenvalue weighted by atomic mass is 16.5. The van der Waals surface area contributed by atoms with E-state index < -0.39 is 0 Å². The molecule has 0 saturated heterocycles. The van der Waals surface area contributed by atoms with Crippen molar-refractivity contribution in [3.63, 3.8) is 0 Å². The number of benzene rings is 2. The van der Waals surface area contributed by atoms with Crippen LogP contribution in [0.3, 0.4) is 0 Å². The highest BCUT2D eigenvalue weighted by Crippen LogP contribution is 2.13. The molecule has 0 aliphatic rings. The zero-order valence-corrected chi connectivity index (χ0v) is 13.9. The van der Waals surface area contributed by atoms with Gasteiger partial charge in [0.15, 0.2) is 6.61 Å². The molecule has 0 N–H and O–H groups in total. The van der Waals surface area contributed by atoms with Crippen LogP contribution in [0.15, 0.2) is 54.6 Å². The molecule has 0 atom stereocenters. The molecule has 126 valence electrons. The molecule has 0 heterocycles. The van der Waals surface area contributed by atoms with Crippen LogP contribution in [0.5, 0.6) is 5.75 Å². The number of hydrogen-bond acceptors (Lipinski definition) is 4. The number of carbonyl (C=O) groups is 2. The first-order valence-corrected chi connectivity index (χ1v) is 7.78. The van der Waals surface area contributed by atoms with E-state index in [0.29, 0.717) is 24.5 Å². The van der Waals surface area contributed by atoms with Gasteiger partial charge < -0.3 is 14.4 Å². The minimum atomic E-state index is -0.372. The lowest BCUT2D eigenvalue weighted by molar-refractivity contribution is -0.132. The van der Waals surface area contributed by atoms with Crippen molar-refractivity contribution in [3.05, 3.63) is 65.7 Å². The summed E-state index contributed by atoms with van der Waals surface area (Å²) in [5.41, 5.74) is 1.52. The van der Waals surface area contributed by atoms with Gasteiger partial charge in [-0.05, 0) is 36.8 Å². The molecule has 5 nitrogen and oxygen atoms in total. The van der Waals surface area contributed by atoms with Crippen LogP contribution in [0.4, 0.5) is 0 Å². The van der Waals surface area contributed by atoms with E-state index in [1.807, 2.05) is 30.3 Å². The summed E-state index contributed by atoms with van der Waals surface area (Å²) in [6.45, 7) is 2.57. The molecule has 0 spiro atoms. The van der Waals surface area contributed by atoms with Crippen LogP contribution >= 0.6 is 0 Å². The minimum absolute atomic E-state index is 0.0535. The molecule has 1 amide bonds. The molecule has 0 radical (unpaired) electrons. The number of carbonyl (C=O) groups excluding carboxylic acids is 2. The summed E-state index contributed by atoms with van der Waals surface area (Å²) in [6.07, 6.45) is 0. The first-order valence-electron chi connectivity index (χ1n) is 7.78. The highest BCUT2D eigenvalue weighted by molar-refractivity contribution is 5.89. The van der Waals surface area contributed by atoms with Crippen molar-refractivity contribution in [2.45, 2.75) is 13.5 Å². The van der Waals surface area contributed by atoms with E-state index in [4.69, 9.17) is 9.47 Å². The summed E-state index contributed by atoms with van der Waals surface area (Å²) in [5, 5.41) is 0.